The summed E-state index contributed by atoms with van der Waals surface area (Å²) in [6.07, 6.45) is 3.98. The lowest BCUT2D eigenvalue weighted by atomic mass is 9.80. The molecule has 0 bridgehead atoms. The van der Waals surface area contributed by atoms with Crippen molar-refractivity contribution in [3.8, 4) is 0 Å². The van der Waals surface area contributed by atoms with E-state index >= 15 is 0 Å². The van der Waals surface area contributed by atoms with Crippen molar-refractivity contribution in [1.29, 1.82) is 0 Å². The first-order valence-corrected chi connectivity index (χ1v) is 6.09. The molecule has 0 aromatic carbocycles. The number of nitrogens with zero attached hydrogens (tertiary/aromatic N) is 2. The van der Waals surface area contributed by atoms with Gasteiger partial charge in [0.15, 0.2) is 0 Å². The maximum absolute atomic E-state index is 5.48. The fourth-order valence-corrected chi connectivity index (χ4v) is 1.87. The Kier molecular flexibility index (Phi) is 3.77. The summed E-state index contributed by atoms with van der Waals surface area (Å²) in [6.45, 7) is 5.78. The van der Waals surface area contributed by atoms with E-state index in [0.717, 1.165) is 12.5 Å². The molecule has 0 aliphatic heterocycles. The maximum Gasteiger partial charge on any atom is 0.315 e. The lowest BCUT2D eigenvalue weighted by Crippen LogP contribution is -2.30. The van der Waals surface area contributed by atoms with Gasteiger partial charge in [0.25, 0.3) is 0 Å². The van der Waals surface area contributed by atoms with E-state index in [4.69, 9.17) is 4.42 Å². The summed E-state index contributed by atoms with van der Waals surface area (Å²) >= 11 is 0. The van der Waals surface area contributed by atoms with Crippen LogP contribution in [0.15, 0.2) is 4.42 Å². The molecule has 1 heterocycles. The van der Waals surface area contributed by atoms with Gasteiger partial charge in [0, 0.05) is 6.04 Å². The number of hydrogen-bond acceptors (Lipinski definition) is 5. The largest absolute Gasteiger partial charge is 0.407 e. The molecular formula is C11H20N4O. The third kappa shape index (κ3) is 2.72. The number of nitrogens with one attached hydrogen (secondary N) is 2. The number of hydrogen-bond donors (Lipinski definition) is 2. The minimum absolute atomic E-state index is 0.432. The molecule has 0 amide bonds. The zero-order valence-electron chi connectivity index (χ0n) is 9.99. The molecule has 2 N–H and O–H groups in total. The van der Waals surface area contributed by atoms with Crippen molar-refractivity contribution in [3.05, 3.63) is 5.89 Å². The van der Waals surface area contributed by atoms with Crippen LogP contribution in [0.25, 0.3) is 0 Å². The molecule has 1 saturated carbocycles. The molecule has 1 aliphatic carbocycles. The molecule has 1 fully saturated rings. The summed E-state index contributed by atoms with van der Waals surface area (Å²) in [5, 5.41) is 14.4. The maximum atomic E-state index is 5.48. The SMILES string of the molecule is CCNCc1nnc(NC(C)C2CCC2)o1. The van der Waals surface area contributed by atoms with Crippen molar-refractivity contribution >= 4 is 6.01 Å². The molecule has 5 nitrogen and oxygen atoms in total. The monoisotopic (exact) mass is 224 g/mol. The van der Waals surface area contributed by atoms with Gasteiger partial charge in [-0.05, 0) is 32.2 Å². The van der Waals surface area contributed by atoms with Gasteiger partial charge in [-0.15, -0.1) is 5.10 Å². The van der Waals surface area contributed by atoms with Crippen LogP contribution in [0.4, 0.5) is 6.01 Å². The Bertz CT molecular complexity index is 322. The number of anilines is 1. The van der Waals surface area contributed by atoms with Crippen LogP contribution in [0.1, 0.15) is 39.0 Å². The van der Waals surface area contributed by atoms with E-state index in [0.29, 0.717) is 24.5 Å². The highest BCUT2D eigenvalue weighted by Crippen LogP contribution is 2.30. The number of aromatic nitrogens is 2. The van der Waals surface area contributed by atoms with Crippen molar-refractivity contribution in [1.82, 2.24) is 15.5 Å². The predicted octanol–water partition coefficient (Wildman–Crippen LogP) is 1.78. The van der Waals surface area contributed by atoms with E-state index in [1.54, 1.807) is 0 Å². The normalized spacial score (nSPS) is 18.1. The molecule has 0 spiro atoms. The molecule has 1 aromatic rings. The molecule has 1 aliphatic rings. The highest BCUT2D eigenvalue weighted by molar-refractivity contribution is 5.19. The second-order valence-electron chi connectivity index (χ2n) is 4.41. The second kappa shape index (κ2) is 5.30. The fraction of sp³-hybridized carbons (Fsp3) is 0.818. The average Bonchev–Trinajstić information content (AvgIpc) is 2.59. The minimum atomic E-state index is 0.432. The van der Waals surface area contributed by atoms with Crippen LogP contribution in [-0.2, 0) is 6.54 Å². The van der Waals surface area contributed by atoms with Crippen LogP contribution in [0.3, 0.4) is 0 Å². The van der Waals surface area contributed by atoms with Crippen molar-refractivity contribution < 1.29 is 4.42 Å². The smallest absolute Gasteiger partial charge is 0.315 e. The molecule has 2 rings (SSSR count). The highest BCUT2D eigenvalue weighted by Gasteiger charge is 2.24. The first-order valence-electron chi connectivity index (χ1n) is 6.09. The summed E-state index contributed by atoms with van der Waals surface area (Å²) in [5.74, 6) is 1.41. The van der Waals surface area contributed by atoms with Gasteiger partial charge in [0.2, 0.25) is 5.89 Å². The lowest BCUT2D eigenvalue weighted by Gasteiger charge is -2.31. The average molecular weight is 224 g/mol. The van der Waals surface area contributed by atoms with E-state index < -0.39 is 0 Å². The first kappa shape index (κ1) is 11.4. The molecule has 0 radical (unpaired) electrons. The Balaban J connectivity index is 1.81. The molecular weight excluding hydrogens is 204 g/mol. The standard InChI is InChI=1S/C11H20N4O/c1-3-12-7-10-14-15-11(16-10)13-8(2)9-5-4-6-9/h8-9,12H,3-7H2,1-2H3,(H,13,15). The van der Waals surface area contributed by atoms with Gasteiger partial charge in [0.1, 0.15) is 0 Å². The highest BCUT2D eigenvalue weighted by atomic mass is 16.4. The van der Waals surface area contributed by atoms with Gasteiger partial charge in [-0.3, -0.25) is 0 Å². The Morgan fingerprint density at radius 3 is 2.88 bits per heavy atom. The van der Waals surface area contributed by atoms with E-state index in [9.17, 15) is 0 Å². The molecule has 90 valence electrons. The van der Waals surface area contributed by atoms with Gasteiger partial charge in [-0.25, -0.2) is 0 Å². The van der Waals surface area contributed by atoms with Crippen molar-refractivity contribution in [2.24, 2.45) is 5.92 Å². The Morgan fingerprint density at radius 2 is 2.25 bits per heavy atom. The number of rotatable bonds is 6. The van der Waals surface area contributed by atoms with E-state index in [1.165, 1.54) is 19.3 Å². The van der Waals surface area contributed by atoms with Crippen molar-refractivity contribution in [2.45, 2.75) is 45.7 Å². The third-order valence-corrected chi connectivity index (χ3v) is 3.20. The van der Waals surface area contributed by atoms with E-state index in [1.807, 2.05) is 6.92 Å². The third-order valence-electron chi connectivity index (χ3n) is 3.20. The van der Waals surface area contributed by atoms with Gasteiger partial charge in [0.05, 0.1) is 6.54 Å². The molecule has 1 aromatic heterocycles. The fourth-order valence-electron chi connectivity index (χ4n) is 1.87. The molecule has 1 atom stereocenters. The summed E-state index contributed by atoms with van der Waals surface area (Å²) in [7, 11) is 0. The zero-order valence-corrected chi connectivity index (χ0v) is 9.99. The molecule has 5 heteroatoms. The Hall–Kier alpha value is -1.10. The zero-order chi connectivity index (χ0) is 11.4. The summed E-state index contributed by atoms with van der Waals surface area (Å²) in [4.78, 5) is 0. The van der Waals surface area contributed by atoms with Gasteiger partial charge < -0.3 is 15.1 Å². The van der Waals surface area contributed by atoms with Gasteiger partial charge in [-0.1, -0.05) is 18.4 Å². The van der Waals surface area contributed by atoms with E-state index in [2.05, 4.69) is 27.8 Å². The van der Waals surface area contributed by atoms with Crippen molar-refractivity contribution in [2.75, 3.05) is 11.9 Å². The van der Waals surface area contributed by atoms with Crippen LogP contribution in [0.2, 0.25) is 0 Å². The van der Waals surface area contributed by atoms with E-state index in [-0.39, 0.29) is 0 Å². The van der Waals surface area contributed by atoms with Crippen LogP contribution in [0.5, 0.6) is 0 Å². The molecule has 1 unspecified atom stereocenters. The second-order valence-corrected chi connectivity index (χ2v) is 4.41. The first-order chi connectivity index (χ1) is 7.79. The lowest BCUT2D eigenvalue weighted by molar-refractivity contribution is 0.281. The summed E-state index contributed by atoms with van der Waals surface area (Å²) < 4.78 is 5.48. The quantitative estimate of drug-likeness (QED) is 0.771. The topological polar surface area (TPSA) is 63.0 Å². The Labute approximate surface area is 96.0 Å². The summed E-state index contributed by atoms with van der Waals surface area (Å²) in [6, 6.07) is 0.980. The molecule has 0 saturated heterocycles. The van der Waals surface area contributed by atoms with Gasteiger partial charge in [-0.2, -0.15) is 0 Å². The molecule has 16 heavy (non-hydrogen) atoms. The minimum Gasteiger partial charge on any atom is -0.407 e. The van der Waals surface area contributed by atoms with Crippen LogP contribution in [-0.4, -0.2) is 22.8 Å². The van der Waals surface area contributed by atoms with Crippen LogP contribution < -0.4 is 10.6 Å². The van der Waals surface area contributed by atoms with Crippen molar-refractivity contribution in [3.63, 3.8) is 0 Å². The summed E-state index contributed by atoms with van der Waals surface area (Å²) in [5.41, 5.74) is 0. The Morgan fingerprint density at radius 1 is 1.44 bits per heavy atom. The van der Waals surface area contributed by atoms with Crippen LogP contribution in [0, 0.1) is 5.92 Å². The predicted molar refractivity (Wildman–Crippen MR) is 62.1 cm³/mol. The van der Waals surface area contributed by atoms with Crippen LogP contribution >= 0.6 is 0 Å². The van der Waals surface area contributed by atoms with Gasteiger partial charge >= 0.3 is 6.01 Å².